The predicted octanol–water partition coefficient (Wildman–Crippen LogP) is 0.534. The van der Waals surface area contributed by atoms with Gasteiger partial charge in [-0.25, -0.2) is 0 Å². The first-order chi connectivity index (χ1) is 8.27. The highest BCUT2D eigenvalue weighted by molar-refractivity contribution is 5.72. The van der Waals surface area contributed by atoms with Gasteiger partial charge in [0, 0.05) is 20.2 Å². The molecule has 0 N–H and O–H groups in total. The van der Waals surface area contributed by atoms with Gasteiger partial charge in [-0.3, -0.25) is 4.79 Å². The summed E-state index contributed by atoms with van der Waals surface area (Å²) in [6, 6.07) is 0. The van der Waals surface area contributed by atoms with Gasteiger partial charge < -0.3 is 19.1 Å². The van der Waals surface area contributed by atoms with Crippen molar-refractivity contribution in [3.05, 3.63) is 0 Å². The van der Waals surface area contributed by atoms with Gasteiger partial charge in [0.1, 0.15) is 0 Å². The average Bonchev–Trinajstić information content (AvgIpc) is 2.38. The number of carbonyl (C=O) groups excluding carboxylic acids is 1. The van der Waals surface area contributed by atoms with E-state index in [2.05, 4.69) is 4.90 Å². The van der Waals surface area contributed by atoms with Gasteiger partial charge in [-0.1, -0.05) is 0 Å². The zero-order valence-electron chi connectivity index (χ0n) is 10.8. The Bertz CT molecular complexity index is 223. The van der Waals surface area contributed by atoms with E-state index in [0.717, 1.165) is 32.5 Å². The van der Waals surface area contributed by atoms with Crippen LogP contribution in [-0.2, 0) is 19.0 Å². The molecule has 5 nitrogen and oxygen atoms in total. The number of hydrogen-bond donors (Lipinski definition) is 0. The van der Waals surface area contributed by atoms with Gasteiger partial charge in [-0.2, -0.15) is 0 Å². The van der Waals surface area contributed by atoms with E-state index in [-0.39, 0.29) is 11.9 Å². The zero-order chi connectivity index (χ0) is 12.5. The van der Waals surface area contributed by atoms with Crippen molar-refractivity contribution in [2.45, 2.75) is 12.8 Å². The lowest BCUT2D eigenvalue weighted by Gasteiger charge is -2.31. The molecule has 0 radical (unpaired) electrons. The Morgan fingerprint density at radius 2 is 2.12 bits per heavy atom. The Labute approximate surface area is 103 Å². The number of piperidine rings is 1. The van der Waals surface area contributed by atoms with E-state index in [1.807, 2.05) is 0 Å². The maximum absolute atomic E-state index is 11.4. The van der Waals surface area contributed by atoms with Crippen LogP contribution in [0.25, 0.3) is 0 Å². The van der Waals surface area contributed by atoms with Crippen LogP contribution in [0.5, 0.6) is 0 Å². The Balaban J connectivity index is 2.14. The second-order valence-electron chi connectivity index (χ2n) is 4.27. The first-order valence-corrected chi connectivity index (χ1v) is 6.14. The highest BCUT2D eigenvalue weighted by Crippen LogP contribution is 2.17. The van der Waals surface area contributed by atoms with Crippen molar-refractivity contribution in [2.75, 3.05) is 53.7 Å². The zero-order valence-corrected chi connectivity index (χ0v) is 10.8. The quantitative estimate of drug-likeness (QED) is 0.484. The molecule has 1 rings (SSSR count). The minimum Gasteiger partial charge on any atom is -0.469 e. The van der Waals surface area contributed by atoms with Gasteiger partial charge in [-0.15, -0.1) is 0 Å². The summed E-state index contributed by atoms with van der Waals surface area (Å²) in [6.45, 7) is 4.66. The first kappa shape index (κ1) is 14.4. The summed E-state index contributed by atoms with van der Waals surface area (Å²) in [5.41, 5.74) is 0. The van der Waals surface area contributed by atoms with Crippen LogP contribution in [0.4, 0.5) is 0 Å². The molecule has 0 aromatic rings. The summed E-state index contributed by atoms with van der Waals surface area (Å²) < 4.78 is 15.1. The van der Waals surface area contributed by atoms with Gasteiger partial charge >= 0.3 is 5.97 Å². The smallest absolute Gasteiger partial charge is 0.309 e. The van der Waals surface area contributed by atoms with Gasteiger partial charge in [-0.05, 0) is 19.4 Å². The maximum atomic E-state index is 11.4. The van der Waals surface area contributed by atoms with Gasteiger partial charge in [0.2, 0.25) is 0 Å². The molecule has 1 atom stereocenters. The largest absolute Gasteiger partial charge is 0.469 e. The molecule has 100 valence electrons. The topological polar surface area (TPSA) is 48.0 Å². The summed E-state index contributed by atoms with van der Waals surface area (Å²) in [5.74, 6) is -0.0530. The molecule has 17 heavy (non-hydrogen) atoms. The Morgan fingerprint density at radius 1 is 1.29 bits per heavy atom. The second-order valence-corrected chi connectivity index (χ2v) is 4.27. The molecule has 0 aliphatic carbocycles. The molecule has 0 spiro atoms. The van der Waals surface area contributed by atoms with Crippen LogP contribution < -0.4 is 0 Å². The maximum Gasteiger partial charge on any atom is 0.309 e. The Hall–Kier alpha value is -0.650. The van der Waals surface area contributed by atoms with Crippen molar-refractivity contribution in [2.24, 2.45) is 5.92 Å². The summed E-state index contributed by atoms with van der Waals surface area (Å²) in [5, 5.41) is 0. The normalized spacial score (nSPS) is 21.4. The summed E-state index contributed by atoms with van der Waals surface area (Å²) in [6.07, 6.45) is 1.99. The molecule has 1 aliphatic rings. The molecular formula is C12H23NO4. The lowest BCUT2D eigenvalue weighted by Crippen LogP contribution is -2.40. The van der Waals surface area contributed by atoms with E-state index in [4.69, 9.17) is 14.2 Å². The van der Waals surface area contributed by atoms with Crippen LogP contribution in [0.15, 0.2) is 0 Å². The predicted molar refractivity (Wildman–Crippen MR) is 63.9 cm³/mol. The molecule has 1 unspecified atom stereocenters. The van der Waals surface area contributed by atoms with E-state index in [1.54, 1.807) is 7.11 Å². The van der Waals surface area contributed by atoms with Crippen LogP contribution in [-0.4, -0.2) is 64.5 Å². The van der Waals surface area contributed by atoms with E-state index in [9.17, 15) is 4.79 Å². The van der Waals surface area contributed by atoms with Crippen LogP contribution in [0.1, 0.15) is 12.8 Å². The number of ether oxygens (including phenoxy) is 3. The van der Waals surface area contributed by atoms with Crippen molar-refractivity contribution in [1.82, 2.24) is 4.90 Å². The van der Waals surface area contributed by atoms with Crippen LogP contribution >= 0.6 is 0 Å². The van der Waals surface area contributed by atoms with Crippen molar-refractivity contribution in [3.8, 4) is 0 Å². The first-order valence-electron chi connectivity index (χ1n) is 6.14. The second kappa shape index (κ2) is 8.44. The monoisotopic (exact) mass is 245 g/mol. The van der Waals surface area contributed by atoms with Crippen LogP contribution in [0.3, 0.4) is 0 Å². The standard InChI is InChI=1S/C12H23NO4/c1-15-8-9-17-7-6-13-5-3-4-11(10-13)12(14)16-2/h11H,3-10H2,1-2H3. The third-order valence-electron chi connectivity index (χ3n) is 3.02. The molecule has 5 heteroatoms. The number of methoxy groups -OCH3 is 2. The lowest BCUT2D eigenvalue weighted by molar-refractivity contribution is -0.147. The van der Waals surface area contributed by atoms with Crippen molar-refractivity contribution in [3.63, 3.8) is 0 Å². The SMILES string of the molecule is COCCOCCN1CCCC(C(=O)OC)C1. The highest BCUT2D eigenvalue weighted by atomic mass is 16.5. The average molecular weight is 245 g/mol. The molecule has 0 saturated carbocycles. The number of nitrogens with zero attached hydrogens (tertiary/aromatic N) is 1. The van der Waals surface area contributed by atoms with Crippen LogP contribution in [0, 0.1) is 5.92 Å². The molecule has 1 aliphatic heterocycles. The molecule has 1 saturated heterocycles. The van der Waals surface area contributed by atoms with Crippen LogP contribution in [0.2, 0.25) is 0 Å². The molecule has 0 amide bonds. The van der Waals surface area contributed by atoms with E-state index in [1.165, 1.54) is 7.11 Å². The Morgan fingerprint density at radius 3 is 2.82 bits per heavy atom. The number of likely N-dealkylation sites (tertiary alicyclic amines) is 1. The van der Waals surface area contributed by atoms with Gasteiger partial charge in [0.25, 0.3) is 0 Å². The van der Waals surface area contributed by atoms with Gasteiger partial charge in [0.05, 0.1) is 32.8 Å². The minimum atomic E-state index is -0.0880. The van der Waals surface area contributed by atoms with Crippen molar-refractivity contribution < 1.29 is 19.0 Å². The molecule has 0 aromatic heterocycles. The van der Waals surface area contributed by atoms with E-state index >= 15 is 0 Å². The lowest BCUT2D eigenvalue weighted by atomic mass is 9.98. The molecule has 0 aromatic carbocycles. The number of esters is 1. The molecule has 1 heterocycles. The third kappa shape index (κ3) is 5.48. The molecular weight excluding hydrogens is 222 g/mol. The summed E-state index contributed by atoms with van der Waals surface area (Å²) >= 11 is 0. The van der Waals surface area contributed by atoms with E-state index < -0.39 is 0 Å². The number of hydrogen-bond acceptors (Lipinski definition) is 5. The summed E-state index contributed by atoms with van der Waals surface area (Å²) in [4.78, 5) is 13.7. The highest BCUT2D eigenvalue weighted by Gasteiger charge is 2.25. The minimum absolute atomic E-state index is 0.0349. The molecule has 0 bridgehead atoms. The Kier molecular flexibility index (Phi) is 7.16. The number of rotatable bonds is 7. The third-order valence-corrected chi connectivity index (χ3v) is 3.02. The fourth-order valence-corrected chi connectivity index (χ4v) is 2.06. The molecule has 1 fully saturated rings. The van der Waals surface area contributed by atoms with Crippen molar-refractivity contribution in [1.29, 1.82) is 0 Å². The fraction of sp³-hybridized carbons (Fsp3) is 0.917. The number of carbonyl (C=O) groups is 1. The van der Waals surface area contributed by atoms with E-state index in [0.29, 0.717) is 19.8 Å². The summed E-state index contributed by atoms with van der Waals surface area (Å²) in [7, 11) is 3.12. The van der Waals surface area contributed by atoms with Gasteiger partial charge in [0.15, 0.2) is 0 Å². The van der Waals surface area contributed by atoms with Crippen molar-refractivity contribution >= 4 is 5.97 Å². The fourth-order valence-electron chi connectivity index (χ4n) is 2.06.